The minimum atomic E-state index is -1.07. The number of carboxylic acids is 1. The lowest BCUT2D eigenvalue weighted by Crippen LogP contribution is -2.50. The molecule has 1 aromatic carbocycles. The van der Waals surface area contributed by atoms with E-state index in [0.717, 1.165) is 22.9 Å². The molecule has 2 rings (SSSR count). The van der Waals surface area contributed by atoms with Crippen molar-refractivity contribution in [2.75, 3.05) is 20.0 Å². The molecule has 0 aromatic heterocycles. The summed E-state index contributed by atoms with van der Waals surface area (Å²) in [7, 11) is 3.03. The van der Waals surface area contributed by atoms with Crippen LogP contribution in [0.15, 0.2) is 12.1 Å². The predicted octanol–water partition coefficient (Wildman–Crippen LogP) is 1.96. The molecule has 8 heteroatoms. The third-order valence-corrected chi connectivity index (χ3v) is 5.46. The van der Waals surface area contributed by atoms with Crippen molar-refractivity contribution in [2.24, 2.45) is 5.92 Å². The quantitative estimate of drug-likeness (QED) is 0.805. The van der Waals surface area contributed by atoms with Crippen LogP contribution in [0.1, 0.15) is 25.0 Å². The number of hydrogen-bond donors (Lipinski definition) is 1. The topological polar surface area (TPSA) is 93.1 Å². The standard InChI is InChI=1S/C18H23NO6S/c1-10(9-26-11(2)20)17(21)19-8-12-5-6-15(24-3)16(25-4)13(12)7-14(19)18(22)23/h5-6,10,14H,7-9H2,1-4H3,(H,22,23). The summed E-state index contributed by atoms with van der Waals surface area (Å²) in [6.07, 6.45) is 0.142. The summed E-state index contributed by atoms with van der Waals surface area (Å²) >= 11 is 1.07. The number of rotatable bonds is 6. The maximum Gasteiger partial charge on any atom is 0.326 e. The minimum Gasteiger partial charge on any atom is -0.493 e. The molecule has 2 atom stereocenters. The van der Waals surface area contributed by atoms with Gasteiger partial charge in [0, 0.05) is 37.1 Å². The van der Waals surface area contributed by atoms with E-state index in [0.29, 0.717) is 17.3 Å². The van der Waals surface area contributed by atoms with Gasteiger partial charge in [-0.3, -0.25) is 9.59 Å². The molecule has 0 bridgehead atoms. The number of methoxy groups -OCH3 is 2. The molecule has 7 nitrogen and oxygen atoms in total. The van der Waals surface area contributed by atoms with Gasteiger partial charge < -0.3 is 19.5 Å². The maximum absolute atomic E-state index is 12.8. The van der Waals surface area contributed by atoms with Gasteiger partial charge in [0.2, 0.25) is 5.91 Å². The fourth-order valence-electron chi connectivity index (χ4n) is 3.05. The molecule has 26 heavy (non-hydrogen) atoms. The second kappa shape index (κ2) is 8.44. The summed E-state index contributed by atoms with van der Waals surface area (Å²) in [6, 6.07) is 2.58. The number of nitrogens with zero attached hydrogens (tertiary/aromatic N) is 1. The highest BCUT2D eigenvalue weighted by molar-refractivity contribution is 8.13. The number of ether oxygens (including phenoxy) is 2. The molecular weight excluding hydrogens is 358 g/mol. The lowest BCUT2D eigenvalue weighted by molar-refractivity contribution is -0.152. The van der Waals surface area contributed by atoms with Gasteiger partial charge in [-0.2, -0.15) is 0 Å². The van der Waals surface area contributed by atoms with Crippen LogP contribution in [0, 0.1) is 5.92 Å². The molecule has 1 N–H and O–H groups in total. The van der Waals surface area contributed by atoms with E-state index in [4.69, 9.17) is 9.47 Å². The number of benzene rings is 1. The van der Waals surface area contributed by atoms with Crippen molar-refractivity contribution in [1.29, 1.82) is 0 Å². The molecule has 0 saturated carbocycles. The average Bonchev–Trinajstić information content (AvgIpc) is 2.62. The van der Waals surface area contributed by atoms with Crippen LogP contribution in [0.3, 0.4) is 0 Å². The average molecular weight is 381 g/mol. The number of carbonyl (C=O) groups excluding carboxylic acids is 2. The van der Waals surface area contributed by atoms with Crippen LogP contribution in [0.25, 0.3) is 0 Å². The Bertz CT molecular complexity index is 720. The normalized spacial score (nSPS) is 17.2. The van der Waals surface area contributed by atoms with E-state index in [1.807, 2.05) is 6.07 Å². The van der Waals surface area contributed by atoms with E-state index in [1.54, 1.807) is 13.0 Å². The fraction of sp³-hybridized carbons (Fsp3) is 0.500. The van der Waals surface area contributed by atoms with Gasteiger partial charge in [0.25, 0.3) is 0 Å². The molecule has 1 aliphatic rings. The molecular formula is C18H23NO6S. The Hall–Kier alpha value is -2.22. The van der Waals surface area contributed by atoms with Crippen LogP contribution in [0.4, 0.5) is 0 Å². The number of thioether (sulfide) groups is 1. The number of aliphatic carboxylic acids is 1. The fourth-order valence-corrected chi connectivity index (χ4v) is 3.68. The first-order chi connectivity index (χ1) is 12.3. The van der Waals surface area contributed by atoms with Crippen LogP contribution in [0.2, 0.25) is 0 Å². The molecule has 1 aromatic rings. The van der Waals surface area contributed by atoms with Crippen molar-refractivity contribution in [3.8, 4) is 11.5 Å². The largest absolute Gasteiger partial charge is 0.493 e. The van der Waals surface area contributed by atoms with Crippen LogP contribution in [-0.2, 0) is 27.3 Å². The molecule has 0 saturated heterocycles. The Labute approximate surface area is 156 Å². The van der Waals surface area contributed by atoms with E-state index in [9.17, 15) is 19.5 Å². The Morgan fingerprint density at radius 3 is 2.54 bits per heavy atom. The lowest BCUT2D eigenvalue weighted by Gasteiger charge is -2.36. The molecule has 2 unspecified atom stereocenters. The van der Waals surface area contributed by atoms with Crippen molar-refractivity contribution >= 4 is 28.8 Å². The number of hydrogen-bond acceptors (Lipinski definition) is 6. The van der Waals surface area contributed by atoms with Gasteiger partial charge in [0.15, 0.2) is 16.6 Å². The van der Waals surface area contributed by atoms with Crippen LogP contribution >= 0.6 is 11.8 Å². The van der Waals surface area contributed by atoms with Gasteiger partial charge in [0.1, 0.15) is 6.04 Å². The van der Waals surface area contributed by atoms with Crippen LogP contribution in [-0.4, -0.2) is 53.0 Å². The highest BCUT2D eigenvalue weighted by Crippen LogP contribution is 2.38. The third-order valence-electron chi connectivity index (χ3n) is 4.39. The number of amides is 1. The van der Waals surface area contributed by atoms with E-state index in [-0.39, 0.29) is 24.0 Å². The van der Waals surface area contributed by atoms with Crippen LogP contribution < -0.4 is 9.47 Å². The van der Waals surface area contributed by atoms with Gasteiger partial charge in [-0.15, -0.1) is 0 Å². The second-order valence-electron chi connectivity index (χ2n) is 6.17. The lowest BCUT2D eigenvalue weighted by atomic mass is 9.91. The van der Waals surface area contributed by atoms with E-state index in [1.165, 1.54) is 26.0 Å². The zero-order valence-electron chi connectivity index (χ0n) is 15.3. The second-order valence-corrected chi connectivity index (χ2v) is 7.36. The van der Waals surface area contributed by atoms with Crippen molar-refractivity contribution in [3.05, 3.63) is 23.3 Å². The van der Waals surface area contributed by atoms with Crippen molar-refractivity contribution in [3.63, 3.8) is 0 Å². The first kappa shape index (κ1) is 20.1. The molecule has 1 aliphatic heterocycles. The van der Waals surface area contributed by atoms with Crippen molar-refractivity contribution in [2.45, 2.75) is 32.9 Å². The molecule has 1 heterocycles. The minimum absolute atomic E-state index is 0.0692. The van der Waals surface area contributed by atoms with Gasteiger partial charge >= 0.3 is 5.97 Å². The first-order valence-electron chi connectivity index (χ1n) is 8.19. The molecule has 0 radical (unpaired) electrons. The summed E-state index contributed by atoms with van der Waals surface area (Å²) in [5.41, 5.74) is 1.58. The summed E-state index contributed by atoms with van der Waals surface area (Å²) < 4.78 is 10.7. The zero-order valence-corrected chi connectivity index (χ0v) is 16.1. The number of fused-ring (bicyclic) bond motifs is 1. The zero-order chi connectivity index (χ0) is 19.4. The van der Waals surface area contributed by atoms with E-state index in [2.05, 4.69) is 0 Å². The SMILES string of the molecule is COc1ccc2c(c1OC)CC(C(=O)O)N(C(=O)C(C)CSC(C)=O)C2. The van der Waals surface area contributed by atoms with Gasteiger partial charge in [-0.25, -0.2) is 4.79 Å². The molecule has 0 aliphatic carbocycles. The smallest absolute Gasteiger partial charge is 0.326 e. The Morgan fingerprint density at radius 2 is 2.00 bits per heavy atom. The summed E-state index contributed by atoms with van der Waals surface area (Å²) in [4.78, 5) is 37.1. The van der Waals surface area contributed by atoms with Crippen molar-refractivity contribution < 1.29 is 29.0 Å². The Balaban J connectivity index is 2.33. The molecule has 0 spiro atoms. The maximum atomic E-state index is 12.8. The summed E-state index contributed by atoms with van der Waals surface area (Å²) in [5.74, 6) is -0.431. The van der Waals surface area contributed by atoms with E-state index < -0.39 is 17.9 Å². The van der Waals surface area contributed by atoms with Gasteiger partial charge in [0.05, 0.1) is 14.2 Å². The highest BCUT2D eigenvalue weighted by atomic mass is 32.2. The summed E-state index contributed by atoms with van der Waals surface area (Å²) in [5, 5.41) is 9.58. The monoisotopic (exact) mass is 381 g/mol. The molecule has 0 fully saturated rings. The van der Waals surface area contributed by atoms with Crippen molar-refractivity contribution in [1.82, 2.24) is 4.90 Å². The van der Waals surface area contributed by atoms with E-state index >= 15 is 0 Å². The molecule has 1 amide bonds. The summed E-state index contributed by atoms with van der Waals surface area (Å²) in [6.45, 7) is 3.33. The Kier molecular flexibility index (Phi) is 6.52. The third kappa shape index (κ3) is 4.12. The first-order valence-corrected chi connectivity index (χ1v) is 9.18. The number of carbonyl (C=O) groups is 3. The number of carboxylic acid groups (broad SMARTS) is 1. The molecule has 142 valence electrons. The highest BCUT2D eigenvalue weighted by Gasteiger charge is 2.38. The van der Waals surface area contributed by atoms with Crippen LogP contribution in [0.5, 0.6) is 11.5 Å². The van der Waals surface area contributed by atoms with Gasteiger partial charge in [-0.1, -0.05) is 24.8 Å². The Morgan fingerprint density at radius 1 is 1.31 bits per heavy atom. The van der Waals surface area contributed by atoms with Gasteiger partial charge in [-0.05, 0) is 11.6 Å². The predicted molar refractivity (Wildman–Crippen MR) is 97.5 cm³/mol.